The summed E-state index contributed by atoms with van der Waals surface area (Å²) in [6, 6.07) is 7.44. The molecule has 0 aromatic heterocycles. The Morgan fingerprint density at radius 1 is 1.35 bits per heavy atom. The highest BCUT2D eigenvalue weighted by atomic mass is 16.1. The second-order valence-corrected chi connectivity index (χ2v) is 4.92. The Morgan fingerprint density at radius 2 is 2.06 bits per heavy atom. The van der Waals surface area contributed by atoms with Crippen LogP contribution in [-0.2, 0) is 6.54 Å². The van der Waals surface area contributed by atoms with Gasteiger partial charge in [0.1, 0.15) is 0 Å². The molecular formula is C14H22N2O. The summed E-state index contributed by atoms with van der Waals surface area (Å²) in [7, 11) is 0. The largest absolute Gasteiger partial charge is 0.366 e. The molecule has 0 spiro atoms. The number of primary amides is 1. The highest BCUT2D eigenvalue weighted by Gasteiger charge is 2.06. The molecule has 1 aromatic carbocycles. The van der Waals surface area contributed by atoms with Crippen LogP contribution in [-0.4, -0.2) is 12.5 Å². The molecule has 3 heteroatoms. The van der Waals surface area contributed by atoms with Gasteiger partial charge in [-0.1, -0.05) is 32.9 Å². The molecule has 3 nitrogen and oxygen atoms in total. The summed E-state index contributed by atoms with van der Waals surface area (Å²) in [6.45, 7) is 8.44. The predicted octanol–water partition coefficient (Wildman–Crippen LogP) is 2.17. The van der Waals surface area contributed by atoms with E-state index in [1.54, 1.807) is 6.07 Å². The lowest BCUT2D eigenvalue weighted by atomic mass is 9.98. The number of benzene rings is 1. The van der Waals surface area contributed by atoms with Crippen molar-refractivity contribution in [1.82, 2.24) is 5.32 Å². The zero-order valence-corrected chi connectivity index (χ0v) is 10.9. The van der Waals surface area contributed by atoms with Gasteiger partial charge in [0.15, 0.2) is 0 Å². The summed E-state index contributed by atoms with van der Waals surface area (Å²) in [4.78, 5) is 11.0. The van der Waals surface area contributed by atoms with Crippen LogP contribution < -0.4 is 11.1 Å². The molecule has 1 rings (SSSR count). The van der Waals surface area contributed by atoms with E-state index in [4.69, 9.17) is 5.73 Å². The van der Waals surface area contributed by atoms with E-state index in [9.17, 15) is 4.79 Å². The second kappa shape index (κ2) is 6.40. The molecular weight excluding hydrogens is 212 g/mol. The summed E-state index contributed by atoms with van der Waals surface area (Å²) < 4.78 is 0. The van der Waals surface area contributed by atoms with Gasteiger partial charge in [0, 0.05) is 12.1 Å². The van der Waals surface area contributed by atoms with E-state index in [0.717, 1.165) is 18.7 Å². The van der Waals surface area contributed by atoms with Gasteiger partial charge in [-0.2, -0.15) is 0 Å². The lowest BCUT2D eigenvalue weighted by Gasteiger charge is -2.16. The lowest BCUT2D eigenvalue weighted by Crippen LogP contribution is -2.24. The van der Waals surface area contributed by atoms with Crippen LogP contribution in [0, 0.1) is 11.8 Å². The molecule has 94 valence electrons. The van der Waals surface area contributed by atoms with Gasteiger partial charge in [-0.05, 0) is 36.1 Å². The van der Waals surface area contributed by atoms with Gasteiger partial charge in [-0.25, -0.2) is 0 Å². The van der Waals surface area contributed by atoms with E-state index in [2.05, 4.69) is 26.1 Å². The van der Waals surface area contributed by atoms with Crippen LogP contribution >= 0.6 is 0 Å². The number of hydrogen-bond acceptors (Lipinski definition) is 2. The van der Waals surface area contributed by atoms with Crippen molar-refractivity contribution in [3.8, 4) is 0 Å². The van der Waals surface area contributed by atoms with Gasteiger partial charge in [0.05, 0.1) is 0 Å². The zero-order chi connectivity index (χ0) is 12.8. The molecule has 0 saturated carbocycles. The van der Waals surface area contributed by atoms with E-state index >= 15 is 0 Å². The number of nitrogens with one attached hydrogen (secondary N) is 1. The lowest BCUT2D eigenvalue weighted by molar-refractivity contribution is 0.1000. The van der Waals surface area contributed by atoms with Crippen LogP contribution in [0.3, 0.4) is 0 Å². The van der Waals surface area contributed by atoms with Crippen LogP contribution in [0.5, 0.6) is 0 Å². The van der Waals surface area contributed by atoms with E-state index in [1.165, 1.54) is 0 Å². The maximum atomic E-state index is 11.0. The quantitative estimate of drug-likeness (QED) is 0.792. The molecule has 0 radical (unpaired) electrons. The number of rotatable bonds is 6. The standard InChI is InChI=1S/C14H22N2O/c1-10(2)11(3)8-16-9-12-5-4-6-13(7-12)14(15)17/h4-7,10-11,16H,8-9H2,1-3H3,(H2,15,17). The minimum Gasteiger partial charge on any atom is -0.366 e. The van der Waals surface area contributed by atoms with E-state index < -0.39 is 0 Å². The van der Waals surface area contributed by atoms with Crippen molar-refractivity contribution >= 4 is 5.91 Å². The maximum Gasteiger partial charge on any atom is 0.248 e. The zero-order valence-electron chi connectivity index (χ0n) is 10.9. The summed E-state index contributed by atoms with van der Waals surface area (Å²) in [5, 5.41) is 3.40. The molecule has 0 bridgehead atoms. The molecule has 0 saturated heterocycles. The molecule has 0 aliphatic rings. The fraction of sp³-hybridized carbons (Fsp3) is 0.500. The molecule has 3 N–H and O–H groups in total. The van der Waals surface area contributed by atoms with Crippen molar-refractivity contribution in [2.45, 2.75) is 27.3 Å². The third kappa shape index (κ3) is 4.57. The van der Waals surface area contributed by atoms with Gasteiger partial charge < -0.3 is 11.1 Å². The Hall–Kier alpha value is -1.35. The van der Waals surface area contributed by atoms with Crippen LogP contribution in [0.15, 0.2) is 24.3 Å². The molecule has 0 aliphatic carbocycles. The molecule has 0 aliphatic heterocycles. The molecule has 0 fully saturated rings. The smallest absolute Gasteiger partial charge is 0.248 e. The van der Waals surface area contributed by atoms with Gasteiger partial charge >= 0.3 is 0 Å². The SMILES string of the molecule is CC(C)C(C)CNCc1cccc(C(N)=O)c1. The number of amides is 1. The van der Waals surface area contributed by atoms with E-state index in [1.807, 2.05) is 18.2 Å². The number of carbonyl (C=O) groups is 1. The fourth-order valence-electron chi connectivity index (χ4n) is 1.51. The van der Waals surface area contributed by atoms with Gasteiger partial charge in [0.2, 0.25) is 5.91 Å². The number of hydrogen-bond donors (Lipinski definition) is 2. The van der Waals surface area contributed by atoms with Crippen molar-refractivity contribution in [3.63, 3.8) is 0 Å². The van der Waals surface area contributed by atoms with E-state index in [0.29, 0.717) is 17.4 Å². The first-order valence-electron chi connectivity index (χ1n) is 6.10. The van der Waals surface area contributed by atoms with Crippen LogP contribution in [0.1, 0.15) is 36.7 Å². The van der Waals surface area contributed by atoms with Crippen LogP contribution in [0.2, 0.25) is 0 Å². The van der Waals surface area contributed by atoms with Gasteiger partial charge in [0.25, 0.3) is 0 Å². The minimum atomic E-state index is -0.373. The molecule has 17 heavy (non-hydrogen) atoms. The average Bonchev–Trinajstić information content (AvgIpc) is 2.29. The molecule has 1 atom stereocenters. The van der Waals surface area contributed by atoms with Crippen molar-refractivity contribution in [1.29, 1.82) is 0 Å². The van der Waals surface area contributed by atoms with Gasteiger partial charge in [-0.3, -0.25) is 4.79 Å². The highest BCUT2D eigenvalue weighted by molar-refractivity contribution is 5.92. The molecule has 0 heterocycles. The molecule has 1 amide bonds. The Balaban J connectivity index is 2.47. The first-order chi connectivity index (χ1) is 8.00. The van der Waals surface area contributed by atoms with Crippen LogP contribution in [0.25, 0.3) is 0 Å². The predicted molar refractivity (Wildman–Crippen MR) is 70.7 cm³/mol. The Morgan fingerprint density at radius 3 is 2.65 bits per heavy atom. The maximum absolute atomic E-state index is 11.0. The number of nitrogens with two attached hydrogens (primary N) is 1. The first kappa shape index (κ1) is 13.7. The Kier molecular flexibility index (Phi) is 5.16. The highest BCUT2D eigenvalue weighted by Crippen LogP contribution is 2.09. The van der Waals surface area contributed by atoms with Crippen LogP contribution in [0.4, 0.5) is 0 Å². The summed E-state index contributed by atoms with van der Waals surface area (Å²) in [6.07, 6.45) is 0. The van der Waals surface area contributed by atoms with Crippen molar-refractivity contribution in [2.75, 3.05) is 6.54 Å². The third-order valence-corrected chi connectivity index (χ3v) is 3.15. The normalized spacial score (nSPS) is 12.7. The monoisotopic (exact) mass is 234 g/mol. The van der Waals surface area contributed by atoms with Crippen molar-refractivity contribution in [3.05, 3.63) is 35.4 Å². The van der Waals surface area contributed by atoms with E-state index in [-0.39, 0.29) is 5.91 Å². The third-order valence-electron chi connectivity index (χ3n) is 3.15. The Labute approximate surface area is 103 Å². The van der Waals surface area contributed by atoms with Crippen molar-refractivity contribution < 1.29 is 4.79 Å². The summed E-state index contributed by atoms with van der Waals surface area (Å²) >= 11 is 0. The first-order valence-corrected chi connectivity index (χ1v) is 6.10. The summed E-state index contributed by atoms with van der Waals surface area (Å²) in [5.74, 6) is 0.955. The second-order valence-electron chi connectivity index (χ2n) is 4.92. The molecule has 1 aromatic rings. The minimum absolute atomic E-state index is 0.373. The number of carbonyl (C=O) groups excluding carboxylic acids is 1. The van der Waals surface area contributed by atoms with Gasteiger partial charge in [-0.15, -0.1) is 0 Å². The molecule has 1 unspecified atom stereocenters. The Bertz CT molecular complexity index is 374. The average molecular weight is 234 g/mol. The topological polar surface area (TPSA) is 55.1 Å². The fourth-order valence-corrected chi connectivity index (χ4v) is 1.51. The summed E-state index contributed by atoms with van der Waals surface area (Å²) in [5.41, 5.74) is 6.91. The van der Waals surface area contributed by atoms with Crippen molar-refractivity contribution in [2.24, 2.45) is 17.6 Å².